The maximum Gasteiger partial charge on any atom is 0.355 e. The Kier molecular flexibility index (Phi) is 3.42. The third-order valence-electron chi connectivity index (χ3n) is 3.36. The summed E-state index contributed by atoms with van der Waals surface area (Å²) < 4.78 is 12.0. The summed E-state index contributed by atoms with van der Waals surface area (Å²) in [6, 6.07) is 10.5. The number of carboxylic acid groups (broad SMARTS) is 1. The zero-order chi connectivity index (χ0) is 15.7. The van der Waals surface area contributed by atoms with Crippen LogP contribution in [0, 0.1) is 0 Å². The summed E-state index contributed by atoms with van der Waals surface area (Å²) >= 11 is 0. The van der Waals surface area contributed by atoms with E-state index >= 15 is 0 Å². The van der Waals surface area contributed by atoms with E-state index in [-0.39, 0.29) is 5.69 Å². The second-order valence-electron chi connectivity index (χ2n) is 4.64. The molecule has 0 atom stereocenters. The maximum absolute atomic E-state index is 11.7. The number of carboxylic acids is 1. The highest BCUT2D eigenvalue weighted by molar-refractivity contribution is 5.95. The molecule has 0 bridgehead atoms. The van der Waals surface area contributed by atoms with E-state index in [9.17, 15) is 9.90 Å². The van der Waals surface area contributed by atoms with Gasteiger partial charge in [0.1, 0.15) is 22.8 Å². The number of carbonyl (C=O) groups is 1. The van der Waals surface area contributed by atoms with Gasteiger partial charge in [-0.1, -0.05) is 6.07 Å². The van der Waals surface area contributed by atoms with E-state index in [0.717, 1.165) is 0 Å². The normalized spacial score (nSPS) is 10.6. The molecule has 0 unspecified atom stereocenters. The number of hydrogen-bond acceptors (Lipinski definition) is 4. The van der Waals surface area contributed by atoms with Gasteiger partial charge in [0.2, 0.25) is 0 Å². The van der Waals surface area contributed by atoms with Crippen molar-refractivity contribution < 1.29 is 19.4 Å². The molecule has 0 amide bonds. The molecule has 0 radical (unpaired) electrons. The first-order chi connectivity index (χ1) is 10.6. The minimum absolute atomic E-state index is 0.103. The standard InChI is InChI=1S/C16H14N2O4/c1-21-11-7-10(8-12(9-11)22-2)14-15(16(19)20)18-6-4-3-5-13(18)17-14/h3-9H,1-2H3,(H,19,20). The molecule has 0 saturated carbocycles. The van der Waals surface area contributed by atoms with Gasteiger partial charge < -0.3 is 14.6 Å². The maximum atomic E-state index is 11.7. The predicted molar refractivity (Wildman–Crippen MR) is 80.7 cm³/mol. The molecule has 0 saturated heterocycles. The minimum Gasteiger partial charge on any atom is -0.497 e. The second kappa shape index (κ2) is 5.40. The lowest BCUT2D eigenvalue weighted by Crippen LogP contribution is -2.03. The number of aromatic carboxylic acids is 1. The van der Waals surface area contributed by atoms with Crippen LogP contribution in [0.1, 0.15) is 10.5 Å². The summed E-state index contributed by atoms with van der Waals surface area (Å²) in [6.07, 6.45) is 1.67. The molecule has 6 heteroatoms. The Labute approximate surface area is 126 Å². The number of benzene rings is 1. The molecule has 112 valence electrons. The minimum atomic E-state index is -1.05. The number of rotatable bonds is 4. The van der Waals surface area contributed by atoms with Crippen molar-refractivity contribution in [2.24, 2.45) is 0 Å². The quantitative estimate of drug-likeness (QED) is 0.801. The first kappa shape index (κ1) is 13.9. The van der Waals surface area contributed by atoms with E-state index in [2.05, 4.69) is 4.98 Å². The van der Waals surface area contributed by atoms with Gasteiger partial charge >= 0.3 is 5.97 Å². The molecule has 6 nitrogen and oxygen atoms in total. The van der Waals surface area contributed by atoms with E-state index in [4.69, 9.17) is 9.47 Å². The Morgan fingerprint density at radius 1 is 1.14 bits per heavy atom. The number of imidazole rings is 1. The van der Waals surface area contributed by atoms with Crippen LogP contribution in [0.5, 0.6) is 11.5 Å². The van der Waals surface area contributed by atoms with Gasteiger partial charge in [-0.2, -0.15) is 0 Å². The van der Waals surface area contributed by atoms with Crippen LogP contribution in [-0.4, -0.2) is 34.7 Å². The summed E-state index contributed by atoms with van der Waals surface area (Å²) in [5.41, 5.74) is 1.66. The van der Waals surface area contributed by atoms with Crippen molar-refractivity contribution >= 4 is 11.6 Å². The third kappa shape index (κ3) is 2.24. The summed E-state index contributed by atoms with van der Waals surface area (Å²) in [5.74, 6) is 0.0981. The Balaban J connectivity index is 2.30. The highest BCUT2D eigenvalue weighted by atomic mass is 16.5. The van der Waals surface area contributed by atoms with Gasteiger partial charge in [0, 0.05) is 17.8 Å². The number of nitrogens with zero attached hydrogens (tertiary/aromatic N) is 2. The second-order valence-corrected chi connectivity index (χ2v) is 4.64. The summed E-state index contributed by atoms with van der Waals surface area (Å²) in [6.45, 7) is 0. The molecule has 1 N–H and O–H groups in total. The fraction of sp³-hybridized carbons (Fsp3) is 0.125. The highest BCUT2D eigenvalue weighted by Gasteiger charge is 2.20. The average Bonchev–Trinajstić information content (AvgIpc) is 2.94. The molecule has 2 heterocycles. The summed E-state index contributed by atoms with van der Waals surface area (Å²) in [4.78, 5) is 16.1. The number of aromatic nitrogens is 2. The van der Waals surface area contributed by atoms with Gasteiger partial charge in [0.15, 0.2) is 5.69 Å². The van der Waals surface area contributed by atoms with Crippen molar-refractivity contribution in [3.05, 3.63) is 48.3 Å². The van der Waals surface area contributed by atoms with Crippen molar-refractivity contribution in [3.63, 3.8) is 0 Å². The van der Waals surface area contributed by atoms with Crippen LogP contribution >= 0.6 is 0 Å². The van der Waals surface area contributed by atoms with Crippen LogP contribution in [0.15, 0.2) is 42.6 Å². The van der Waals surface area contributed by atoms with Gasteiger partial charge in [0.25, 0.3) is 0 Å². The number of ether oxygens (including phenoxy) is 2. The van der Waals surface area contributed by atoms with Crippen molar-refractivity contribution in [3.8, 4) is 22.8 Å². The van der Waals surface area contributed by atoms with E-state index in [0.29, 0.717) is 28.4 Å². The lowest BCUT2D eigenvalue weighted by Gasteiger charge is -2.07. The fourth-order valence-corrected chi connectivity index (χ4v) is 2.35. The fourth-order valence-electron chi connectivity index (χ4n) is 2.35. The first-order valence-corrected chi connectivity index (χ1v) is 6.58. The van der Waals surface area contributed by atoms with Gasteiger partial charge in [0.05, 0.1) is 14.2 Å². The highest BCUT2D eigenvalue weighted by Crippen LogP contribution is 2.31. The predicted octanol–water partition coefficient (Wildman–Crippen LogP) is 2.72. The molecule has 3 aromatic rings. The van der Waals surface area contributed by atoms with Crippen LogP contribution < -0.4 is 9.47 Å². The Bertz CT molecular complexity index is 832. The van der Waals surface area contributed by atoms with E-state index in [1.165, 1.54) is 0 Å². The summed E-state index contributed by atoms with van der Waals surface area (Å²) in [5, 5.41) is 9.54. The van der Waals surface area contributed by atoms with E-state index < -0.39 is 5.97 Å². The van der Waals surface area contributed by atoms with E-state index in [1.807, 2.05) is 6.07 Å². The monoisotopic (exact) mass is 298 g/mol. The Morgan fingerprint density at radius 3 is 2.41 bits per heavy atom. The molecule has 22 heavy (non-hydrogen) atoms. The lowest BCUT2D eigenvalue weighted by molar-refractivity contribution is 0.0690. The zero-order valence-electron chi connectivity index (χ0n) is 12.1. The lowest BCUT2D eigenvalue weighted by atomic mass is 10.1. The van der Waals surface area contributed by atoms with Crippen LogP contribution in [0.4, 0.5) is 0 Å². The molecule has 0 aliphatic carbocycles. The molecule has 3 rings (SSSR count). The molecule has 0 aliphatic rings. The largest absolute Gasteiger partial charge is 0.497 e. The molecule has 2 aromatic heterocycles. The molecule has 0 fully saturated rings. The van der Waals surface area contributed by atoms with Crippen molar-refractivity contribution in [2.45, 2.75) is 0 Å². The number of methoxy groups -OCH3 is 2. The molecule has 0 aliphatic heterocycles. The van der Waals surface area contributed by atoms with Crippen LogP contribution in [-0.2, 0) is 0 Å². The van der Waals surface area contributed by atoms with Crippen molar-refractivity contribution in [2.75, 3.05) is 14.2 Å². The van der Waals surface area contributed by atoms with Gasteiger partial charge in [-0.15, -0.1) is 0 Å². The van der Waals surface area contributed by atoms with Gasteiger partial charge in [-0.3, -0.25) is 4.40 Å². The Hall–Kier alpha value is -3.02. The Morgan fingerprint density at radius 2 is 1.82 bits per heavy atom. The number of fused-ring (bicyclic) bond motifs is 1. The summed E-state index contributed by atoms with van der Waals surface area (Å²) in [7, 11) is 3.08. The van der Waals surface area contributed by atoms with E-state index in [1.54, 1.807) is 55.1 Å². The van der Waals surface area contributed by atoms with Crippen LogP contribution in [0.2, 0.25) is 0 Å². The molecule has 1 aromatic carbocycles. The SMILES string of the molecule is COc1cc(OC)cc(-c2nc3ccccn3c2C(=O)O)c1. The zero-order valence-corrected chi connectivity index (χ0v) is 12.1. The van der Waals surface area contributed by atoms with Gasteiger partial charge in [-0.25, -0.2) is 9.78 Å². The smallest absolute Gasteiger partial charge is 0.355 e. The molecule has 0 spiro atoms. The molecular weight excluding hydrogens is 284 g/mol. The first-order valence-electron chi connectivity index (χ1n) is 6.58. The van der Waals surface area contributed by atoms with Crippen molar-refractivity contribution in [1.82, 2.24) is 9.38 Å². The van der Waals surface area contributed by atoms with Crippen LogP contribution in [0.25, 0.3) is 16.9 Å². The molecular formula is C16H14N2O4. The average molecular weight is 298 g/mol. The van der Waals surface area contributed by atoms with Gasteiger partial charge in [-0.05, 0) is 24.3 Å². The topological polar surface area (TPSA) is 73.1 Å². The number of hydrogen-bond donors (Lipinski definition) is 1. The third-order valence-corrected chi connectivity index (χ3v) is 3.36. The number of pyridine rings is 1. The van der Waals surface area contributed by atoms with Crippen LogP contribution in [0.3, 0.4) is 0 Å². The van der Waals surface area contributed by atoms with Crippen molar-refractivity contribution in [1.29, 1.82) is 0 Å².